The molecule has 0 aliphatic heterocycles. The summed E-state index contributed by atoms with van der Waals surface area (Å²) < 4.78 is 37.4. The molecule has 0 saturated carbocycles. The van der Waals surface area contributed by atoms with E-state index in [2.05, 4.69) is 5.32 Å². The smallest absolute Gasteiger partial charge is 0.182 e. The monoisotopic (exact) mass is 273 g/mol. The summed E-state index contributed by atoms with van der Waals surface area (Å²) in [6, 6.07) is 4.83. The van der Waals surface area contributed by atoms with E-state index in [9.17, 15) is 12.8 Å². The first-order valence-electron chi connectivity index (χ1n) is 6.12. The number of benzene rings is 1. The third-order valence-corrected chi connectivity index (χ3v) is 5.37. The second kappa shape index (κ2) is 6.29. The van der Waals surface area contributed by atoms with E-state index in [-0.39, 0.29) is 10.9 Å². The lowest BCUT2D eigenvalue weighted by Crippen LogP contribution is -2.40. The SMILES string of the molecule is CCCNC(C)C(C)S(=O)(=O)c1ccc(F)cc1. The average molecular weight is 273 g/mol. The standard InChI is InChI=1S/C13H20FNO2S/c1-4-9-15-10(2)11(3)18(16,17)13-7-5-12(14)6-8-13/h5-8,10-11,15H,4,9H2,1-3H3. The Hall–Kier alpha value is -0.940. The van der Waals surface area contributed by atoms with Gasteiger partial charge in [0.05, 0.1) is 10.1 Å². The molecule has 1 N–H and O–H groups in total. The van der Waals surface area contributed by atoms with Gasteiger partial charge in [-0.05, 0) is 51.1 Å². The molecule has 0 aliphatic carbocycles. The van der Waals surface area contributed by atoms with Crippen LogP contribution in [0.1, 0.15) is 27.2 Å². The van der Waals surface area contributed by atoms with E-state index in [0.29, 0.717) is 0 Å². The molecule has 1 aromatic carbocycles. The Morgan fingerprint density at radius 2 is 1.78 bits per heavy atom. The highest BCUT2D eigenvalue weighted by Crippen LogP contribution is 2.18. The molecule has 102 valence electrons. The molecule has 0 heterocycles. The zero-order chi connectivity index (χ0) is 13.8. The molecule has 0 bridgehead atoms. The molecule has 0 amide bonds. The highest BCUT2D eigenvalue weighted by atomic mass is 32.2. The van der Waals surface area contributed by atoms with Crippen molar-refractivity contribution in [3.63, 3.8) is 0 Å². The van der Waals surface area contributed by atoms with Crippen molar-refractivity contribution in [1.82, 2.24) is 5.32 Å². The third kappa shape index (κ3) is 3.53. The normalized spacial score (nSPS) is 15.3. The highest BCUT2D eigenvalue weighted by molar-refractivity contribution is 7.92. The minimum atomic E-state index is -3.41. The minimum absolute atomic E-state index is 0.139. The van der Waals surface area contributed by atoms with Crippen LogP contribution in [0, 0.1) is 5.82 Å². The maximum atomic E-state index is 12.8. The summed E-state index contributed by atoms with van der Waals surface area (Å²) in [6.45, 7) is 6.33. The molecule has 3 nitrogen and oxygen atoms in total. The van der Waals surface area contributed by atoms with Gasteiger partial charge in [-0.25, -0.2) is 12.8 Å². The van der Waals surface area contributed by atoms with Crippen LogP contribution in [-0.2, 0) is 9.84 Å². The summed E-state index contributed by atoms with van der Waals surface area (Å²) in [5.74, 6) is -0.432. The van der Waals surface area contributed by atoms with Crippen molar-refractivity contribution in [3.05, 3.63) is 30.1 Å². The molecule has 0 saturated heterocycles. The van der Waals surface area contributed by atoms with Gasteiger partial charge in [-0.2, -0.15) is 0 Å². The van der Waals surface area contributed by atoms with Crippen molar-refractivity contribution in [3.8, 4) is 0 Å². The first-order chi connectivity index (χ1) is 8.39. The maximum Gasteiger partial charge on any atom is 0.182 e. The van der Waals surface area contributed by atoms with Crippen molar-refractivity contribution >= 4 is 9.84 Å². The van der Waals surface area contributed by atoms with E-state index in [1.165, 1.54) is 24.3 Å². The summed E-state index contributed by atoms with van der Waals surface area (Å²) in [6.07, 6.45) is 0.952. The molecule has 0 spiro atoms. The fraction of sp³-hybridized carbons (Fsp3) is 0.538. The van der Waals surface area contributed by atoms with E-state index in [1.807, 2.05) is 13.8 Å². The highest BCUT2D eigenvalue weighted by Gasteiger charge is 2.27. The van der Waals surface area contributed by atoms with Gasteiger partial charge in [-0.1, -0.05) is 6.92 Å². The third-order valence-electron chi connectivity index (χ3n) is 3.05. The van der Waals surface area contributed by atoms with Gasteiger partial charge in [-0.3, -0.25) is 0 Å². The number of rotatable bonds is 6. The Bertz CT molecular complexity index is 470. The van der Waals surface area contributed by atoms with E-state index in [0.717, 1.165) is 13.0 Å². The van der Waals surface area contributed by atoms with E-state index in [4.69, 9.17) is 0 Å². The molecule has 5 heteroatoms. The van der Waals surface area contributed by atoms with Crippen LogP contribution in [-0.4, -0.2) is 26.3 Å². The second-order valence-electron chi connectivity index (χ2n) is 4.45. The molecule has 18 heavy (non-hydrogen) atoms. The number of sulfone groups is 1. The molecular weight excluding hydrogens is 253 g/mol. The van der Waals surface area contributed by atoms with E-state index in [1.54, 1.807) is 6.92 Å². The molecular formula is C13H20FNO2S. The van der Waals surface area contributed by atoms with Crippen molar-refractivity contribution in [2.75, 3.05) is 6.54 Å². The van der Waals surface area contributed by atoms with Gasteiger partial charge in [0.15, 0.2) is 9.84 Å². The lowest BCUT2D eigenvalue weighted by Gasteiger charge is -2.21. The Morgan fingerprint density at radius 3 is 2.28 bits per heavy atom. The van der Waals surface area contributed by atoms with Crippen LogP contribution in [0.15, 0.2) is 29.2 Å². The van der Waals surface area contributed by atoms with Crippen molar-refractivity contribution in [2.24, 2.45) is 0 Å². The van der Waals surface area contributed by atoms with Crippen LogP contribution in [0.5, 0.6) is 0 Å². The molecule has 1 rings (SSSR count). The summed E-state index contributed by atoms with van der Waals surface area (Å²) in [7, 11) is -3.41. The zero-order valence-corrected chi connectivity index (χ0v) is 11.8. The van der Waals surface area contributed by atoms with Gasteiger partial charge >= 0.3 is 0 Å². The molecule has 0 aromatic heterocycles. The molecule has 1 aromatic rings. The first kappa shape index (κ1) is 15.1. The van der Waals surface area contributed by atoms with Gasteiger partial charge in [0.2, 0.25) is 0 Å². The minimum Gasteiger partial charge on any atom is -0.313 e. The fourth-order valence-corrected chi connectivity index (χ4v) is 3.22. The van der Waals surface area contributed by atoms with Crippen molar-refractivity contribution < 1.29 is 12.8 Å². The van der Waals surface area contributed by atoms with Crippen LogP contribution in [0.2, 0.25) is 0 Å². The molecule has 0 aliphatic rings. The van der Waals surface area contributed by atoms with Crippen LogP contribution >= 0.6 is 0 Å². The largest absolute Gasteiger partial charge is 0.313 e. The zero-order valence-electron chi connectivity index (χ0n) is 11.0. The van der Waals surface area contributed by atoms with Gasteiger partial charge < -0.3 is 5.32 Å². The van der Waals surface area contributed by atoms with Crippen LogP contribution < -0.4 is 5.32 Å². The summed E-state index contributed by atoms with van der Waals surface area (Å²) >= 11 is 0. The lowest BCUT2D eigenvalue weighted by atomic mass is 10.2. The molecule has 0 fully saturated rings. The summed E-state index contributed by atoms with van der Waals surface area (Å²) in [5, 5.41) is 2.62. The van der Waals surface area contributed by atoms with Gasteiger partial charge in [0.1, 0.15) is 5.82 Å². The first-order valence-corrected chi connectivity index (χ1v) is 7.67. The predicted molar refractivity (Wildman–Crippen MR) is 70.8 cm³/mol. The van der Waals surface area contributed by atoms with Gasteiger partial charge in [0, 0.05) is 6.04 Å². The van der Waals surface area contributed by atoms with E-state index >= 15 is 0 Å². The summed E-state index contributed by atoms with van der Waals surface area (Å²) in [4.78, 5) is 0.168. The average Bonchev–Trinajstić information content (AvgIpc) is 2.35. The molecule has 0 radical (unpaired) electrons. The number of hydrogen-bond donors (Lipinski definition) is 1. The Balaban J connectivity index is 2.89. The second-order valence-corrected chi connectivity index (χ2v) is 6.75. The number of hydrogen-bond acceptors (Lipinski definition) is 3. The molecule has 2 unspecified atom stereocenters. The Labute approximate surface area is 108 Å². The van der Waals surface area contributed by atoms with Crippen LogP contribution in [0.3, 0.4) is 0 Å². The van der Waals surface area contributed by atoms with Crippen LogP contribution in [0.25, 0.3) is 0 Å². The number of nitrogens with one attached hydrogen (secondary N) is 1. The maximum absolute atomic E-state index is 12.8. The quantitative estimate of drug-likeness (QED) is 0.809. The fourth-order valence-electron chi connectivity index (χ4n) is 1.65. The molecule has 2 atom stereocenters. The number of halogens is 1. The van der Waals surface area contributed by atoms with E-state index < -0.39 is 20.9 Å². The van der Waals surface area contributed by atoms with Crippen LogP contribution in [0.4, 0.5) is 4.39 Å². The predicted octanol–water partition coefficient (Wildman–Crippen LogP) is 2.38. The topological polar surface area (TPSA) is 46.2 Å². The van der Waals surface area contributed by atoms with Crippen molar-refractivity contribution in [2.45, 2.75) is 43.4 Å². The van der Waals surface area contributed by atoms with Gasteiger partial charge in [-0.15, -0.1) is 0 Å². The Morgan fingerprint density at radius 1 is 1.22 bits per heavy atom. The lowest BCUT2D eigenvalue weighted by molar-refractivity contribution is 0.509. The van der Waals surface area contributed by atoms with Gasteiger partial charge in [0.25, 0.3) is 0 Å². The van der Waals surface area contributed by atoms with Crippen molar-refractivity contribution in [1.29, 1.82) is 0 Å². The Kier molecular flexibility index (Phi) is 5.28. The summed E-state index contributed by atoms with van der Waals surface area (Å²) in [5.41, 5.74) is 0.